The van der Waals surface area contributed by atoms with Crippen molar-refractivity contribution in [3.05, 3.63) is 60.2 Å². The first-order chi connectivity index (χ1) is 13.1. The van der Waals surface area contributed by atoms with E-state index in [0.29, 0.717) is 10.9 Å². The van der Waals surface area contributed by atoms with Crippen LogP contribution in [0.3, 0.4) is 0 Å². The lowest BCUT2D eigenvalue weighted by Gasteiger charge is -2.06. The molecule has 2 amide bonds. The summed E-state index contributed by atoms with van der Waals surface area (Å²) in [6.45, 7) is 0. The average molecular weight is 382 g/mol. The predicted molar refractivity (Wildman–Crippen MR) is 107 cm³/mol. The Morgan fingerprint density at radius 2 is 1.96 bits per heavy atom. The minimum atomic E-state index is -0.524. The Kier molecular flexibility index (Phi) is 6.22. The normalized spacial score (nSPS) is 17.9. The van der Waals surface area contributed by atoms with Crippen LogP contribution >= 0.6 is 11.8 Å². The zero-order valence-electron chi connectivity index (χ0n) is 14.6. The molecule has 1 aliphatic heterocycles. The van der Waals surface area contributed by atoms with Crippen LogP contribution < -0.4 is 15.4 Å². The Balaban J connectivity index is 1.53. The Labute approximate surface area is 160 Å². The summed E-state index contributed by atoms with van der Waals surface area (Å²) in [5.74, 6) is 0.284. The quantitative estimate of drug-likeness (QED) is 0.593. The minimum Gasteiger partial charge on any atom is -0.497 e. The molecule has 1 atom stereocenters. The lowest BCUT2D eigenvalue weighted by Crippen LogP contribution is -2.28. The Morgan fingerprint density at radius 1 is 1.22 bits per heavy atom. The molecule has 27 heavy (non-hydrogen) atoms. The molecular formula is C19H18N4O3S. The smallest absolute Gasteiger partial charge is 0.240 e. The van der Waals surface area contributed by atoms with Gasteiger partial charge in [-0.2, -0.15) is 5.10 Å². The van der Waals surface area contributed by atoms with Gasteiger partial charge in [-0.25, -0.2) is 0 Å². The van der Waals surface area contributed by atoms with Crippen LogP contribution in [0.1, 0.15) is 12.0 Å². The van der Waals surface area contributed by atoms with Gasteiger partial charge in [0.2, 0.25) is 11.8 Å². The summed E-state index contributed by atoms with van der Waals surface area (Å²) in [4.78, 5) is 24.1. The maximum absolute atomic E-state index is 12.1. The molecule has 0 saturated carbocycles. The fraction of sp³-hybridized carbons (Fsp3) is 0.158. The molecule has 3 rings (SSSR count). The van der Waals surface area contributed by atoms with Crippen LogP contribution in [0, 0.1) is 0 Å². The van der Waals surface area contributed by atoms with Crippen molar-refractivity contribution in [2.75, 3.05) is 12.4 Å². The number of rotatable bonds is 6. The molecule has 7 nitrogen and oxygen atoms in total. The number of methoxy groups -OCH3 is 1. The second-order valence-electron chi connectivity index (χ2n) is 5.64. The summed E-state index contributed by atoms with van der Waals surface area (Å²) in [6.07, 6.45) is 1.64. The first kappa shape index (κ1) is 18.7. The molecule has 1 saturated heterocycles. The number of hydrogen-bond donors (Lipinski definition) is 2. The number of carbonyl (C=O) groups is 2. The second-order valence-corrected chi connectivity index (χ2v) is 6.83. The van der Waals surface area contributed by atoms with Crippen molar-refractivity contribution in [3.8, 4) is 5.75 Å². The van der Waals surface area contributed by atoms with Crippen molar-refractivity contribution in [3.63, 3.8) is 0 Å². The van der Waals surface area contributed by atoms with Gasteiger partial charge in [-0.15, -0.1) is 5.10 Å². The van der Waals surface area contributed by atoms with Crippen LogP contribution in [-0.2, 0) is 9.59 Å². The van der Waals surface area contributed by atoms with E-state index < -0.39 is 5.25 Å². The van der Waals surface area contributed by atoms with Crippen LogP contribution in [-0.4, -0.2) is 35.6 Å². The fourth-order valence-electron chi connectivity index (χ4n) is 2.33. The summed E-state index contributed by atoms with van der Waals surface area (Å²) >= 11 is 1.19. The second kappa shape index (κ2) is 9.00. The molecule has 0 aromatic heterocycles. The van der Waals surface area contributed by atoms with Gasteiger partial charge < -0.3 is 15.4 Å². The van der Waals surface area contributed by atoms with Crippen LogP contribution in [0.5, 0.6) is 5.75 Å². The third-order valence-electron chi connectivity index (χ3n) is 3.68. The SMILES string of the molecule is COc1ccc(C=NN=C2NC(=O)C(CC(=O)Nc3ccccc3)S2)cc1. The zero-order valence-corrected chi connectivity index (χ0v) is 15.4. The van der Waals surface area contributed by atoms with Gasteiger partial charge in [0.1, 0.15) is 11.0 Å². The zero-order chi connectivity index (χ0) is 19.1. The fourth-order valence-corrected chi connectivity index (χ4v) is 3.25. The van der Waals surface area contributed by atoms with E-state index in [0.717, 1.165) is 11.3 Å². The van der Waals surface area contributed by atoms with Crippen molar-refractivity contribution in [2.24, 2.45) is 10.2 Å². The molecule has 1 unspecified atom stereocenters. The first-order valence-electron chi connectivity index (χ1n) is 8.21. The maximum atomic E-state index is 12.1. The van der Waals surface area contributed by atoms with E-state index in [-0.39, 0.29) is 18.2 Å². The Morgan fingerprint density at radius 3 is 2.67 bits per heavy atom. The summed E-state index contributed by atoms with van der Waals surface area (Å²) in [5.41, 5.74) is 1.55. The van der Waals surface area contributed by atoms with Gasteiger partial charge >= 0.3 is 0 Å². The Hall–Kier alpha value is -3.13. The topological polar surface area (TPSA) is 92.2 Å². The van der Waals surface area contributed by atoms with Gasteiger partial charge in [-0.05, 0) is 42.0 Å². The average Bonchev–Trinajstić information content (AvgIpc) is 3.02. The monoisotopic (exact) mass is 382 g/mol. The number of hydrogen-bond acceptors (Lipinski definition) is 6. The maximum Gasteiger partial charge on any atom is 0.240 e. The van der Waals surface area contributed by atoms with Crippen molar-refractivity contribution >= 4 is 40.6 Å². The van der Waals surface area contributed by atoms with Crippen LogP contribution in [0.15, 0.2) is 64.8 Å². The number of nitrogens with zero attached hydrogens (tertiary/aromatic N) is 2. The van der Waals surface area contributed by atoms with E-state index in [1.807, 2.05) is 42.5 Å². The van der Waals surface area contributed by atoms with Crippen molar-refractivity contribution in [2.45, 2.75) is 11.7 Å². The number of ether oxygens (including phenoxy) is 1. The largest absolute Gasteiger partial charge is 0.497 e. The molecule has 2 aromatic rings. The van der Waals surface area contributed by atoms with E-state index in [4.69, 9.17) is 4.74 Å². The van der Waals surface area contributed by atoms with Crippen LogP contribution in [0.4, 0.5) is 5.69 Å². The molecule has 1 aliphatic rings. The third kappa shape index (κ3) is 5.42. The molecule has 1 heterocycles. The van der Waals surface area contributed by atoms with E-state index in [9.17, 15) is 9.59 Å². The van der Waals surface area contributed by atoms with E-state index in [1.54, 1.807) is 25.5 Å². The molecular weight excluding hydrogens is 364 g/mol. The van der Waals surface area contributed by atoms with Crippen molar-refractivity contribution < 1.29 is 14.3 Å². The number of carbonyl (C=O) groups excluding carboxylic acids is 2. The van der Waals surface area contributed by atoms with E-state index in [2.05, 4.69) is 20.8 Å². The van der Waals surface area contributed by atoms with Gasteiger partial charge in [0.25, 0.3) is 0 Å². The number of nitrogens with one attached hydrogen (secondary N) is 2. The number of benzene rings is 2. The van der Waals surface area contributed by atoms with E-state index in [1.165, 1.54) is 11.8 Å². The van der Waals surface area contributed by atoms with Gasteiger partial charge in [-0.3, -0.25) is 9.59 Å². The molecule has 138 valence electrons. The van der Waals surface area contributed by atoms with Gasteiger partial charge in [-0.1, -0.05) is 30.0 Å². The summed E-state index contributed by atoms with van der Waals surface area (Å²) < 4.78 is 5.09. The highest BCUT2D eigenvalue weighted by atomic mass is 32.2. The molecule has 0 aliphatic carbocycles. The lowest BCUT2D eigenvalue weighted by molar-refractivity contribution is -0.122. The molecule has 8 heteroatoms. The number of anilines is 1. The number of para-hydroxylation sites is 1. The predicted octanol–water partition coefficient (Wildman–Crippen LogP) is 2.65. The highest BCUT2D eigenvalue weighted by Crippen LogP contribution is 2.23. The first-order valence-corrected chi connectivity index (χ1v) is 9.09. The molecule has 0 radical (unpaired) electrons. The highest BCUT2D eigenvalue weighted by Gasteiger charge is 2.32. The highest BCUT2D eigenvalue weighted by molar-refractivity contribution is 8.15. The number of amidine groups is 1. The van der Waals surface area contributed by atoms with Gasteiger partial charge in [0, 0.05) is 12.1 Å². The van der Waals surface area contributed by atoms with Gasteiger partial charge in [0.15, 0.2) is 5.17 Å². The standard InChI is InChI=1S/C19H18N4O3S/c1-26-15-9-7-13(8-10-15)12-20-23-19-22-18(25)16(27-19)11-17(24)21-14-5-3-2-4-6-14/h2-10,12,16H,11H2,1H3,(H,21,24)(H,22,23,25). The molecule has 0 spiro atoms. The van der Waals surface area contributed by atoms with Crippen molar-refractivity contribution in [1.82, 2.24) is 5.32 Å². The summed E-state index contributed by atoms with van der Waals surface area (Å²) in [7, 11) is 1.60. The third-order valence-corrected chi connectivity index (χ3v) is 4.75. The van der Waals surface area contributed by atoms with E-state index >= 15 is 0 Å². The summed E-state index contributed by atoms with van der Waals surface area (Å²) in [6, 6.07) is 16.5. The number of amides is 2. The number of thioether (sulfide) groups is 1. The lowest BCUT2D eigenvalue weighted by atomic mass is 10.2. The Bertz CT molecular complexity index is 866. The van der Waals surface area contributed by atoms with Gasteiger partial charge in [0.05, 0.1) is 13.3 Å². The summed E-state index contributed by atoms with van der Waals surface area (Å²) in [5, 5.41) is 13.2. The minimum absolute atomic E-state index is 0.0621. The van der Waals surface area contributed by atoms with Crippen LogP contribution in [0.25, 0.3) is 0 Å². The molecule has 0 bridgehead atoms. The molecule has 2 aromatic carbocycles. The van der Waals surface area contributed by atoms with Crippen LogP contribution in [0.2, 0.25) is 0 Å². The van der Waals surface area contributed by atoms with Crippen molar-refractivity contribution in [1.29, 1.82) is 0 Å². The molecule has 1 fully saturated rings. The molecule has 2 N–H and O–H groups in total.